The van der Waals surface area contributed by atoms with Gasteiger partial charge < -0.3 is 0 Å². The maximum atomic E-state index is 5.64. The molecule has 1 rings (SSSR count). The van der Waals surface area contributed by atoms with E-state index in [1.54, 1.807) is 0 Å². The molecule has 0 fully saturated rings. The maximum absolute atomic E-state index is 5.64. The van der Waals surface area contributed by atoms with Crippen LogP contribution in [0.4, 0.5) is 0 Å². The van der Waals surface area contributed by atoms with E-state index in [1.807, 2.05) is 14.2 Å². The summed E-state index contributed by atoms with van der Waals surface area (Å²) in [7, 11) is 5.84. The molecule has 2 nitrogen and oxygen atoms in total. The molecule has 0 saturated heterocycles. The Morgan fingerprint density at radius 2 is 1.46 bits per heavy atom. The predicted octanol–water partition coefficient (Wildman–Crippen LogP) is 6.49. The second-order valence-electron chi connectivity index (χ2n) is 9.94. The summed E-state index contributed by atoms with van der Waals surface area (Å²) in [6.07, 6.45) is 1.72. The second kappa shape index (κ2) is 10.5. The van der Waals surface area contributed by atoms with Crippen molar-refractivity contribution >= 4 is 69.4 Å². The molecule has 8 heteroatoms. The van der Waals surface area contributed by atoms with Crippen LogP contribution in [0.3, 0.4) is 0 Å². The number of benzene rings is 1. The molecule has 0 aromatic heterocycles. The first-order valence-electron chi connectivity index (χ1n) is 9.79. The van der Waals surface area contributed by atoms with E-state index >= 15 is 0 Å². The summed E-state index contributed by atoms with van der Waals surface area (Å²) in [4.78, 5) is -0.512. The monoisotopic (exact) mass is 648 g/mol. The first-order chi connectivity index (χ1) is 12.6. The SMILES string of the molecule is B[PH](I)(COC)C(C)(C)c1cc(C(C)(C)C)cc(C(C)(C)P(BI)COC)c1. The summed E-state index contributed by atoms with van der Waals surface area (Å²) in [5.74, 6) is 0. The van der Waals surface area contributed by atoms with Gasteiger partial charge in [-0.3, -0.25) is 0 Å². The molecular formula is C20H38B2I2O2P2. The number of hydrogen-bond acceptors (Lipinski definition) is 2. The third-order valence-corrected chi connectivity index (χ3v) is 20.0. The molecule has 160 valence electrons. The van der Waals surface area contributed by atoms with Crippen molar-refractivity contribution in [2.24, 2.45) is 0 Å². The number of halogens is 2. The summed E-state index contributed by atoms with van der Waals surface area (Å²) < 4.78 is 11.2. The summed E-state index contributed by atoms with van der Waals surface area (Å²) in [6, 6.07) is 7.41. The zero-order valence-corrected chi connectivity index (χ0v) is 25.6. The quantitative estimate of drug-likeness (QED) is 0.173. The van der Waals surface area contributed by atoms with Gasteiger partial charge in [0.05, 0.1) is 0 Å². The number of ether oxygens (including phenoxy) is 2. The molecule has 1 atom stereocenters. The Kier molecular flexibility index (Phi) is 10.3. The van der Waals surface area contributed by atoms with E-state index in [2.05, 4.69) is 119 Å². The molecule has 28 heavy (non-hydrogen) atoms. The normalized spacial score (nSPS) is 15.4. The average Bonchev–Trinajstić information content (AvgIpc) is 2.58. The van der Waals surface area contributed by atoms with Gasteiger partial charge in [-0.2, -0.15) is 0 Å². The summed E-state index contributed by atoms with van der Waals surface area (Å²) in [5, 5.41) is 0.229. The Balaban J connectivity index is 3.67. The van der Waals surface area contributed by atoms with E-state index < -0.39 is 4.78 Å². The fourth-order valence-corrected chi connectivity index (χ4v) is 11.4. The molecule has 0 saturated carbocycles. The van der Waals surface area contributed by atoms with E-state index in [-0.39, 0.29) is 23.5 Å². The second-order valence-corrected chi connectivity index (χ2v) is 25.8. The zero-order valence-electron chi connectivity index (χ0n) is 19.4. The van der Waals surface area contributed by atoms with Crippen LogP contribution in [0, 0.1) is 0 Å². The van der Waals surface area contributed by atoms with Crippen LogP contribution in [0.5, 0.6) is 0 Å². The molecule has 0 amide bonds. The Morgan fingerprint density at radius 1 is 0.964 bits per heavy atom. The van der Waals surface area contributed by atoms with E-state index in [9.17, 15) is 0 Å². The van der Waals surface area contributed by atoms with Crippen molar-refractivity contribution in [1.29, 1.82) is 0 Å². The third kappa shape index (κ3) is 6.31. The Hall–Kier alpha value is 1.59. The van der Waals surface area contributed by atoms with E-state index in [4.69, 9.17) is 9.47 Å². The van der Waals surface area contributed by atoms with Crippen LogP contribution in [0.2, 0.25) is 0 Å². The van der Waals surface area contributed by atoms with Gasteiger partial charge in [0.15, 0.2) is 0 Å². The average molecular weight is 648 g/mol. The van der Waals surface area contributed by atoms with Crippen molar-refractivity contribution in [2.45, 2.75) is 64.2 Å². The molecule has 0 spiro atoms. The topological polar surface area (TPSA) is 18.5 Å². The molecule has 0 aliphatic heterocycles. The van der Waals surface area contributed by atoms with Crippen LogP contribution in [0.1, 0.15) is 65.2 Å². The van der Waals surface area contributed by atoms with Gasteiger partial charge in [0, 0.05) is 0 Å². The Morgan fingerprint density at radius 3 is 1.89 bits per heavy atom. The molecule has 0 heterocycles. The fraction of sp³-hybridized carbons (Fsp3) is 0.700. The van der Waals surface area contributed by atoms with Crippen molar-refractivity contribution in [3.8, 4) is 0 Å². The van der Waals surface area contributed by atoms with Gasteiger partial charge in [-0.1, -0.05) is 0 Å². The first kappa shape index (κ1) is 27.6. The molecule has 1 aromatic carbocycles. The van der Waals surface area contributed by atoms with Crippen LogP contribution in [-0.2, 0) is 25.2 Å². The molecule has 0 aliphatic rings. The van der Waals surface area contributed by atoms with Gasteiger partial charge in [-0.25, -0.2) is 0 Å². The van der Waals surface area contributed by atoms with Gasteiger partial charge in [0.25, 0.3) is 0 Å². The standard InChI is InChI=1S/C20H38B2I2O2P2/c1-18(2,3)15-10-16(19(4,5)27(22-23)13-25-8)12-17(11-15)20(6,7)28(21,24)14-26-9/h10-12,22,28H,13-14,21H2,1-9H3. The van der Waals surface area contributed by atoms with Crippen LogP contribution in [0.15, 0.2) is 18.2 Å². The molecule has 0 aliphatic carbocycles. The first-order valence-corrected chi connectivity index (χ1v) is 18.9. The number of rotatable bonds is 9. The molecule has 0 N–H and O–H groups in total. The Bertz CT molecular complexity index is 662. The fourth-order valence-electron chi connectivity index (χ4n) is 3.21. The Labute approximate surface area is 203 Å². The van der Waals surface area contributed by atoms with Crippen molar-refractivity contribution in [3.05, 3.63) is 34.9 Å². The number of hydrogen-bond donors (Lipinski definition) is 0. The van der Waals surface area contributed by atoms with Crippen molar-refractivity contribution in [2.75, 3.05) is 26.9 Å². The zero-order chi connectivity index (χ0) is 22.0. The van der Waals surface area contributed by atoms with E-state index in [0.717, 1.165) is 17.6 Å². The summed E-state index contributed by atoms with van der Waals surface area (Å²) in [5.41, 5.74) is 4.47. The van der Waals surface area contributed by atoms with E-state index in [0.29, 0.717) is 0 Å². The summed E-state index contributed by atoms with van der Waals surface area (Å²) in [6.45, 7) is 16.6. The van der Waals surface area contributed by atoms with Crippen molar-refractivity contribution in [3.63, 3.8) is 0 Å². The van der Waals surface area contributed by atoms with Crippen molar-refractivity contribution in [1.82, 2.24) is 0 Å². The molecule has 0 bridgehead atoms. The van der Waals surface area contributed by atoms with Crippen LogP contribution < -0.4 is 0 Å². The summed E-state index contributed by atoms with van der Waals surface area (Å²) >= 11 is 5.25. The third-order valence-electron chi connectivity index (χ3n) is 6.17. The van der Waals surface area contributed by atoms with Crippen LogP contribution >= 0.6 is 57.0 Å². The minimum atomic E-state index is -1.66. The van der Waals surface area contributed by atoms with Crippen LogP contribution in [-0.4, -0.2) is 39.3 Å². The molecule has 1 aromatic rings. The predicted molar refractivity (Wildman–Crippen MR) is 154 cm³/mol. The van der Waals surface area contributed by atoms with Gasteiger partial charge in [-0.05, 0) is 0 Å². The van der Waals surface area contributed by atoms with Gasteiger partial charge in [-0.15, -0.1) is 0 Å². The van der Waals surface area contributed by atoms with Crippen molar-refractivity contribution < 1.29 is 9.47 Å². The van der Waals surface area contributed by atoms with Gasteiger partial charge in [0.1, 0.15) is 0 Å². The van der Waals surface area contributed by atoms with E-state index in [1.165, 1.54) is 16.7 Å². The van der Waals surface area contributed by atoms with Crippen LogP contribution in [0.25, 0.3) is 0 Å². The van der Waals surface area contributed by atoms with Gasteiger partial charge in [0.2, 0.25) is 0 Å². The molecular weight excluding hydrogens is 610 g/mol. The molecule has 0 radical (unpaired) electrons. The minimum absolute atomic E-state index is 0.114. The molecule has 1 unspecified atom stereocenters. The van der Waals surface area contributed by atoms with Gasteiger partial charge >= 0.3 is 205 Å². The number of methoxy groups -OCH3 is 2.